The monoisotopic (exact) mass is 344 g/mol. The number of anilines is 2. The number of hydrogen-bond acceptors (Lipinski definition) is 7. The Morgan fingerprint density at radius 2 is 1.72 bits per heavy atom. The minimum atomic E-state index is 0.282. The molecule has 136 valence electrons. The van der Waals surface area contributed by atoms with Crippen molar-refractivity contribution in [3.8, 4) is 11.5 Å². The van der Waals surface area contributed by atoms with Crippen LogP contribution in [-0.4, -0.2) is 62.9 Å². The predicted octanol–water partition coefficient (Wildman–Crippen LogP) is 1.43. The first-order valence-electron chi connectivity index (χ1n) is 9.21. The lowest BCUT2D eigenvalue weighted by Gasteiger charge is -2.33. The molecule has 1 fully saturated rings. The van der Waals surface area contributed by atoms with Gasteiger partial charge in [0.1, 0.15) is 17.3 Å². The summed E-state index contributed by atoms with van der Waals surface area (Å²) in [5.41, 5.74) is 6.65. The number of nitrogen functional groups attached to an aromatic ring is 1. The van der Waals surface area contributed by atoms with E-state index in [1.807, 2.05) is 24.6 Å². The number of nitrogens with zero attached hydrogens (tertiary/aromatic N) is 7. The summed E-state index contributed by atoms with van der Waals surface area (Å²) in [6.07, 6.45) is 3.32. The van der Waals surface area contributed by atoms with Crippen LogP contribution in [0.5, 0.6) is 0 Å². The highest BCUT2D eigenvalue weighted by molar-refractivity contribution is 5.58. The second kappa shape index (κ2) is 7.77. The Hall–Kier alpha value is -2.22. The van der Waals surface area contributed by atoms with Crippen molar-refractivity contribution in [2.75, 3.05) is 43.9 Å². The zero-order valence-electron chi connectivity index (χ0n) is 15.4. The number of aryl methyl sites for hydroxylation is 2. The molecule has 8 heteroatoms. The zero-order chi connectivity index (χ0) is 17.8. The van der Waals surface area contributed by atoms with Crippen molar-refractivity contribution in [3.05, 3.63) is 11.9 Å². The quantitative estimate of drug-likeness (QED) is 0.881. The van der Waals surface area contributed by atoms with Crippen LogP contribution in [0.25, 0.3) is 11.5 Å². The normalized spacial score (nSPS) is 17.6. The number of piperazine rings is 1. The highest BCUT2D eigenvalue weighted by Gasteiger charge is 2.20. The average molecular weight is 344 g/mol. The minimum absolute atomic E-state index is 0.282. The summed E-state index contributed by atoms with van der Waals surface area (Å²) in [5, 5.41) is 4.59. The number of fused-ring (bicyclic) bond motifs is 1. The molecule has 0 aromatic carbocycles. The molecule has 0 aliphatic carbocycles. The first-order chi connectivity index (χ1) is 12.2. The maximum atomic E-state index is 5.93. The Morgan fingerprint density at radius 3 is 2.44 bits per heavy atom. The molecule has 2 aliphatic heterocycles. The van der Waals surface area contributed by atoms with Crippen LogP contribution in [0.3, 0.4) is 0 Å². The highest BCUT2D eigenvalue weighted by atomic mass is 15.4. The van der Waals surface area contributed by atoms with Crippen LogP contribution < -0.4 is 10.6 Å². The smallest absolute Gasteiger partial charge is 0.222 e. The fraction of sp³-hybridized carbons (Fsp3) is 0.647. The average Bonchev–Trinajstić information content (AvgIpc) is 3.08. The largest absolute Gasteiger partial charge is 0.368 e. The van der Waals surface area contributed by atoms with E-state index in [4.69, 9.17) is 5.73 Å². The maximum absolute atomic E-state index is 5.93. The van der Waals surface area contributed by atoms with Gasteiger partial charge in [-0.3, -0.25) is 0 Å². The second-order valence-corrected chi connectivity index (χ2v) is 6.29. The third-order valence-corrected chi connectivity index (χ3v) is 4.55. The van der Waals surface area contributed by atoms with Gasteiger partial charge in [0.15, 0.2) is 5.82 Å². The molecule has 0 radical (unpaired) electrons. The Labute approximate surface area is 149 Å². The third-order valence-electron chi connectivity index (χ3n) is 4.55. The first-order valence-corrected chi connectivity index (χ1v) is 9.21. The highest BCUT2D eigenvalue weighted by Crippen LogP contribution is 2.23. The third kappa shape index (κ3) is 3.89. The number of nitrogens with two attached hydrogens (primary N) is 1. The van der Waals surface area contributed by atoms with Crippen LogP contribution in [0, 0.1) is 0 Å². The van der Waals surface area contributed by atoms with Crippen molar-refractivity contribution in [3.63, 3.8) is 0 Å². The molecule has 2 aliphatic rings. The van der Waals surface area contributed by atoms with Gasteiger partial charge in [-0.1, -0.05) is 13.8 Å². The van der Waals surface area contributed by atoms with E-state index in [1.165, 1.54) is 6.42 Å². The lowest BCUT2D eigenvalue weighted by molar-refractivity contribution is 0.312. The van der Waals surface area contributed by atoms with Crippen molar-refractivity contribution in [2.24, 2.45) is 0 Å². The first kappa shape index (κ1) is 17.6. The van der Waals surface area contributed by atoms with Gasteiger partial charge in [0.2, 0.25) is 5.95 Å². The maximum Gasteiger partial charge on any atom is 0.222 e. The summed E-state index contributed by atoms with van der Waals surface area (Å²) in [5.74, 6) is 2.86. The standard InChI is InChI=1S/C15H22N8.C2H6/c1-21-6-8-22(9-7-21)13-10-11(17-15(16)19-13)14-18-12-4-2-3-5-23(12)20-14;1-2/h10H,2-9H2,1H3,(H2,16,17,19);1-2H3. The number of aromatic nitrogens is 5. The van der Waals surface area contributed by atoms with E-state index in [-0.39, 0.29) is 5.95 Å². The molecule has 25 heavy (non-hydrogen) atoms. The Kier molecular flexibility index (Phi) is 5.47. The van der Waals surface area contributed by atoms with Crippen LogP contribution >= 0.6 is 0 Å². The number of hydrogen-bond donors (Lipinski definition) is 1. The van der Waals surface area contributed by atoms with Gasteiger partial charge < -0.3 is 15.5 Å². The topological polar surface area (TPSA) is 89.0 Å². The lowest BCUT2D eigenvalue weighted by atomic mass is 10.2. The molecule has 0 bridgehead atoms. The van der Waals surface area contributed by atoms with Crippen LogP contribution in [0.2, 0.25) is 0 Å². The molecule has 2 aromatic heterocycles. The summed E-state index contributed by atoms with van der Waals surface area (Å²) in [4.78, 5) is 17.9. The Balaban J connectivity index is 0.000000880. The summed E-state index contributed by atoms with van der Waals surface area (Å²) in [6, 6.07) is 1.96. The molecule has 0 unspecified atom stereocenters. The predicted molar refractivity (Wildman–Crippen MR) is 99.5 cm³/mol. The summed E-state index contributed by atoms with van der Waals surface area (Å²) in [6.45, 7) is 8.87. The molecule has 0 spiro atoms. The fourth-order valence-corrected chi connectivity index (χ4v) is 3.16. The van der Waals surface area contributed by atoms with Crippen molar-refractivity contribution in [2.45, 2.75) is 39.7 Å². The molecule has 8 nitrogen and oxygen atoms in total. The molecule has 2 aromatic rings. The van der Waals surface area contributed by atoms with Gasteiger partial charge in [0.05, 0.1) is 0 Å². The summed E-state index contributed by atoms with van der Waals surface area (Å²) >= 11 is 0. The molecule has 1 saturated heterocycles. The van der Waals surface area contributed by atoms with Crippen LogP contribution in [-0.2, 0) is 13.0 Å². The van der Waals surface area contributed by atoms with E-state index < -0.39 is 0 Å². The minimum Gasteiger partial charge on any atom is -0.368 e. The van der Waals surface area contributed by atoms with E-state index in [1.54, 1.807) is 0 Å². The van der Waals surface area contributed by atoms with Gasteiger partial charge in [0, 0.05) is 45.2 Å². The molecule has 4 heterocycles. The van der Waals surface area contributed by atoms with Gasteiger partial charge in [0.25, 0.3) is 0 Å². The molecule has 4 rings (SSSR count). The van der Waals surface area contributed by atoms with E-state index >= 15 is 0 Å². The summed E-state index contributed by atoms with van der Waals surface area (Å²) < 4.78 is 1.99. The molecule has 0 atom stereocenters. The Bertz CT molecular complexity index is 679. The lowest BCUT2D eigenvalue weighted by Crippen LogP contribution is -2.44. The van der Waals surface area contributed by atoms with Gasteiger partial charge in [-0.05, 0) is 19.9 Å². The van der Waals surface area contributed by atoms with Gasteiger partial charge in [-0.25, -0.2) is 14.6 Å². The van der Waals surface area contributed by atoms with Crippen molar-refractivity contribution in [1.29, 1.82) is 0 Å². The Morgan fingerprint density at radius 1 is 0.960 bits per heavy atom. The van der Waals surface area contributed by atoms with Gasteiger partial charge in [-0.15, -0.1) is 5.10 Å². The van der Waals surface area contributed by atoms with Crippen LogP contribution in [0.15, 0.2) is 6.07 Å². The van der Waals surface area contributed by atoms with Crippen molar-refractivity contribution in [1.82, 2.24) is 29.6 Å². The molecule has 2 N–H and O–H groups in total. The number of likely N-dealkylation sites (N-methyl/N-ethyl adjacent to an activating group) is 1. The molecular formula is C17H28N8. The zero-order valence-corrected chi connectivity index (χ0v) is 15.4. The van der Waals surface area contributed by atoms with E-state index in [0.717, 1.165) is 57.2 Å². The fourth-order valence-electron chi connectivity index (χ4n) is 3.16. The SMILES string of the molecule is CC.CN1CCN(c2cc(-c3nc4n(n3)CCCC4)nc(N)n2)CC1. The molecule has 0 saturated carbocycles. The van der Waals surface area contributed by atoms with E-state index in [2.05, 4.69) is 36.9 Å². The van der Waals surface area contributed by atoms with Gasteiger partial charge >= 0.3 is 0 Å². The van der Waals surface area contributed by atoms with Crippen LogP contribution in [0.4, 0.5) is 11.8 Å². The van der Waals surface area contributed by atoms with E-state index in [0.29, 0.717) is 11.5 Å². The number of rotatable bonds is 2. The molecule has 0 amide bonds. The molecular weight excluding hydrogens is 316 g/mol. The van der Waals surface area contributed by atoms with Crippen molar-refractivity contribution < 1.29 is 0 Å². The van der Waals surface area contributed by atoms with E-state index in [9.17, 15) is 0 Å². The van der Waals surface area contributed by atoms with Crippen molar-refractivity contribution >= 4 is 11.8 Å². The summed E-state index contributed by atoms with van der Waals surface area (Å²) in [7, 11) is 2.14. The van der Waals surface area contributed by atoms with Gasteiger partial charge in [-0.2, -0.15) is 4.98 Å². The second-order valence-electron chi connectivity index (χ2n) is 6.29. The van der Waals surface area contributed by atoms with Crippen LogP contribution in [0.1, 0.15) is 32.5 Å².